The van der Waals surface area contributed by atoms with E-state index in [0.717, 1.165) is 0 Å². The summed E-state index contributed by atoms with van der Waals surface area (Å²) in [5, 5.41) is 10.8. The van der Waals surface area contributed by atoms with Gasteiger partial charge in [-0.05, 0) is 19.3 Å². The molecule has 0 spiro atoms. The van der Waals surface area contributed by atoms with Crippen LogP contribution in [0.25, 0.3) is 0 Å². The molecule has 0 heterocycles. The quantitative estimate of drug-likeness (QED) is 0.301. The molecule has 2 atom stereocenters. The molecule has 0 saturated carbocycles. The molecule has 0 amide bonds. The van der Waals surface area contributed by atoms with Crippen molar-refractivity contribution in [3.05, 3.63) is 12.2 Å². The van der Waals surface area contributed by atoms with Gasteiger partial charge in [-0.1, -0.05) is 12.2 Å². The first-order valence-corrected chi connectivity index (χ1v) is 6.00. The molecular weight excluding hydrogens is 275 g/mol. The Hall–Kier alpha value is -0.850. The summed E-state index contributed by atoms with van der Waals surface area (Å²) < 4.78 is 9.69. The number of esters is 2. The molecule has 0 saturated heterocycles. The van der Waals surface area contributed by atoms with Gasteiger partial charge >= 0.3 is 41.5 Å². The van der Waals surface area contributed by atoms with Crippen molar-refractivity contribution in [3.8, 4) is 0 Å². The van der Waals surface area contributed by atoms with Crippen molar-refractivity contribution in [2.24, 2.45) is 11.3 Å². The molecule has 0 bridgehead atoms. The van der Waals surface area contributed by atoms with Crippen LogP contribution in [0.15, 0.2) is 12.2 Å². The Morgan fingerprint density at radius 3 is 2.55 bits per heavy atom. The van der Waals surface area contributed by atoms with Crippen LogP contribution in [-0.4, -0.2) is 31.6 Å². The van der Waals surface area contributed by atoms with E-state index in [9.17, 15) is 19.5 Å². The minimum Gasteiger partial charge on any atom is -0.550 e. The van der Waals surface area contributed by atoms with Crippen LogP contribution in [0.2, 0.25) is 0 Å². The zero-order valence-corrected chi connectivity index (χ0v) is 14.0. The summed E-state index contributed by atoms with van der Waals surface area (Å²) in [4.78, 5) is 33.8. The Labute approximate surface area is 139 Å². The zero-order chi connectivity index (χ0) is 14.5. The van der Waals surface area contributed by atoms with Gasteiger partial charge in [0.15, 0.2) is 0 Å². The van der Waals surface area contributed by atoms with Crippen molar-refractivity contribution in [3.63, 3.8) is 0 Å². The number of ether oxygens (including phenoxy) is 2. The van der Waals surface area contributed by atoms with Gasteiger partial charge in [-0.2, -0.15) is 0 Å². The number of rotatable bonds is 5. The third-order valence-electron chi connectivity index (χ3n) is 3.35. The van der Waals surface area contributed by atoms with Gasteiger partial charge in [0.1, 0.15) is 12.0 Å². The summed E-state index contributed by atoms with van der Waals surface area (Å²) in [5.41, 5.74) is -1.14. The Balaban J connectivity index is 0.00000361. The van der Waals surface area contributed by atoms with Gasteiger partial charge in [-0.3, -0.25) is 9.59 Å². The number of carbonyl (C=O) groups excluding carboxylic acids is 3. The third kappa shape index (κ3) is 4.61. The van der Waals surface area contributed by atoms with E-state index in [1.807, 2.05) is 6.08 Å². The smallest absolute Gasteiger partial charge is 0.550 e. The minimum absolute atomic E-state index is 0. The van der Waals surface area contributed by atoms with Crippen LogP contribution in [-0.2, 0) is 23.9 Å². The fraction of sp³-hybridized carbons (Fsp3) is 0.615. The number of methoxy groups -OCH3 is 1. The molecule has 20 heavy (non-hydrogen) atoms. The van der Waals surface area contributed by atoms with E-state index in [-0.39, 0.29) is 42.6 Å². The predicted molar refractivity (Wildman–Crippen MR) is 62.6 cm³/mol. The largest absolute Gasteiger partial charge is 1.00 e. The number of carboxylic acid groups (broad SMARTS) is 1. The second-order valence-electron chi connectivity index (χ2n) is 4.58. The summed E-state index contributed by atoms with van der Waals surface area (Å²) in [6.07, 6.45) is 4.12. The molecule has 0 N–H and O–H groups in total. The SMILES string of the molecule is COC(=O)[C@]1(COC(C)=O)CCC=C[C@@H]1CC(=O)[O-].[Na+]. The second kappa shape index (κ2) is 8.44. The third-order valence-corrected chi connectivity index (χ3v) is 3.35. The monoisotopic (exact) mass is 292 g/mol. The fourth-order valence-corrected chi connectivity index (χ4v) is 2.34. The van der Waals surface area contributed by atoms with Gasteiger partial charge in [-0.15, -0.1) is 0 Å². The average molecular weight is 292 g/mol. The molecule has 0 aromatic rings. The Morgan fingerprint density at radius 1 is 1.40 bits per heavy atom. The van der Waals surface area contributed by atoms with Gasteiger partial charge in [0.2, 0.25) is 0 Å². The van der Waals surface area contributed by atoms with Gasteiger partial charge < -0.3 is 19.4 Å². The van der Waals surface area contributed by atoms with Crippen LogP contribution < -0.4 is 34.7 Å². The zero-order valence-electron chi connectivity index (χ0n) is 12.0. The summed E-state index contributed by atoms with van der Waals surface area (Å²) in [5.74, 6) is -2.94. The first kappa shape index (κ1) is 19.1. The maximum atomic E-state index is 12.0. The van der Waals surface area contributed by atoms with Gasteiger partial charge in [-0.25, -0.2) is 0 Å². The van der Waals surface area contributed by atoms with Gasteiger partial charge in [0, 0.05) is 18.8 Å². The van der Waals surface area contributed by atoms with E-state index < -0.39 is 29.2 Å². The molecule has 0 radical (unpaired) electrons. The molecular formula is C13H17NaO6. The number of allylic oxidation sites excluding steroid dienone is 2. The molecule has 6 nitrogen and oxygen atoms in total. The van der Waals surface area contributed by atoms with Crippen molar-refractivity contribution >= 4 is 17.9 Å². The molecule has 106 valence electrons. The predicted octanol–water partition coefficient (Wildman–Crippen LogP) is -3.18. The maximum Gasteiger partial charge on any atom is 1.00 e. The first-order valence-electron chi connectivity index (χ1n) is 6.00. The Bertz CT molecular complexity index is 406. The number of hydrogen-bond acceptors (Lipinski definition) is 6. The van der Waals surface area contributed by atoms with E-state index in [0.29, 0.717) is 12.8 Å². The molecule has 0 unspecified atom stereocenters. The van der Waals surface area contributed by atoms with E-state index in [1.54, 1.807) is 6.08 Å². The van der Waals surface area contributed by atoms with Crippen molar-refractivity contribution in [2.75, 3.05) is 13.7 Å². The number of carbonyl (C=O) groups is 3. The average Bonchev–Trinajstić information content (AvgIpc) is 2.36. The number of carboxylic acids is 1. The number of aliphatic carboxylic acids is 1. The standard InChI is InChI=1S/C13H18O6.Na/c1-9(14)19-8-13(12(17)18-2)6-4-3-5-10(13)7-11(15)16;/h3,5,10H,4,6-8H2,1-2H3,(H,15,16);/q;+1/p-1/t10-,13+;/m1./s1. The van der Waals surface area contributed by atoms with Crippen LogP contribution in [0.1, 0.15) is 26.2 Å². The van der Waals surface area contributed by atoms with E-state index in [1.165, 1.54) is 14.0 Å². The Morgan fingerprint density at radius 2 is 2.05 bits per heavy atom. The van der Waals surface area contributed by atoms with Crippen molar-refractivity contribution < 1.29 is 58.5 Å². The maximum absolute atomic E-state index is 12.0. The summed E-state index contributed by atoms with van der Waals surface area (Å²) >= 11 is 0. The summed E-state index contributed by atoms with van der Waals surface area (Å²) in [6.45, 7) is 1.05. The van der Waals surface area contributed by atoms with Gasteiger partial charge in [0.05, 0.1) is 7.11 Å². The number of hydrogen-bond donors (Lipinski definition) is 0. The molecule has 1 aliphatic carbocycles. The molecule has 0 aliphatic heterocycles. The normalized spacial score (nSPS) is 24.4. The molecule has 7 heteroatoms. The van der Waals surface area contributed by atoms with Gasteiger partial charge in [0.25, 0.3) is 0 Å². The van der Waals surface area contributed by atoms with Crippen molar-refractivity contribution in [1.29, 1.82) is 0 Å². The second-order valence-corrected chi connectivity index (χ2v) is 4.58. The van der Waals surface area contributed by atoms with Crippen LogP contribution >= 0.6 is 0 Å². The fourth-order valence-electron chi connectivity index (χ4n) is 2.34. The Kier molecular flexibility index (Phi) is 8.08. The minimum atomic E-state index is -1.26. The van der Waals surface area contributed by atoms with Crippen LogP contribution in [0, 0.1) is 11.3 Å². The van der Waals surface area contributed by atoms with E-state index in [4.69, 9.17) is 9.47 Å². The summed E-state index contributed by atoms with van der Waals surface area (Å²) in [7, 11) is 1.23. The van der Waals surface area contributed by atoms with Crippen LogP contribution in [0.3, 0.4) is 0 Å². The summed E-state index contributed by atoms with van der Waals surface area (Å²) in [6, 6.07) is 0. The van der Waals surface area contributed by atoms with E-state index in [2.05, 4.69) is 0 Å². The molecule has 1 aliphatic rings. The van der Waals surface area contributed by atoms with E-state index >= 15 is 0 Å². The van der Waals surface area contributed by atoms with Crippen LogP contribution in [0.4, 0.5) is 0 Å². The molecule has 0 fully saturated rings. The molecule has 0 aromatic heterocycles. The molecule has 0 aromatic carbocycles. The van der Waals surface area contributed by atoms with Crippen LogP contribution in [0.5, 0.6) is 0 Å². The van der Waals surface area contributed by atoms with Crippen molar-refractivity contribution in [1.82, 2.24) is 0 Å². The topological polar surface area (TPSA) is 92.7 Å². The van der Waals surface area contributed by atoms with Crippen molar-refractivity contribution in [2.45, 2.75) is 26.2 Å². The first-order chi connectivity index (χ1) is 8.92. The molecule has 1 rings (SSSR count).